The van der Waals surface area contributed by atoms with Crippen molar-refractivity contribution in [3.63, 3.8) is 0 Å². The predicted molar refractivity (Wildman–Crippen MR) is 33.4 cm³/mol. The van der Waals surface area contributed by atoms with Gasteiger partial charge in [0.2, 0.25) is 0 Å². The molecule has 0 aliphatic heterocycles. The van der Waals surface area contributed by atoms with Crippen LogP contribution in [0.3, 0.4) is 0 Å². The highest BCUT2D eigenvalue weighted by atomic mass is 19.3. The van der Waals surface area contributed by atoms with Crippen LogP contribution in [-0.2, 0) is 0 Å². The van der Waals surface area contributed by atoms with Gasteiger partial charge in [0, 0.05) is 6.42 Å². The van der Waals surface area contributed by atoms with Crippen LogP contribution in [0.5, 0.6) is 0 Å². The van der Waals surface area contributed by atoms with E-state index in [0.29, 0.717) is 6.42 Å². The number of nitrogens with two attached hydrogens (primary N) is 1. The van der Waals surface area contributed by atoms with E-state index in [1.807, 2.05) is 0 Å². The van der Waals surface area contributed by atoms with Crippen molar-refractivity contribution >= 4 is 0 Å². The smallest absolute Gasteiger partial charge is 0.260 e. The summed E-state index contributed by atoms with van der Waals surface area (Å²) in [4.78, 5) is 0. The van der Waals surface area contributed by atoms with Crippen molar-refractivity contribution in [1.29, 1.82) is 0 Å². The van der Waals surface area contributed by atoms with Crippen LogP contribution in [0.2, 0.25) is 0 Å². The molecule has 0 saturated carbocycles. The van der Waals surface area contributed by atoms with Crippen LogP contribution in [-0.4, -0.2) is 12.5 Å². The second-order valence-electron chi connectivity index (χ2n) is 1.89. The summed E-state index contributed by atoms with van der Waals surface area (Å²) in [5.74, 6) is -2.70. The Labute approximate surface area is 53.5 Å². The van der Waals surface area contributed by atoms with Gasteiger partial charge in [-0.2, -0.15) is 0 Å². The molecule has 0 amide bonds. The molecule has 0 bridgehead atoms. The largest absolute Gasteiger partial charge is 0.325 e. The van der Waals surface area contributed by atoms with E-state index in [1.165, 1.54) is 6.08 Å². The summed E-state index contributed by atoms with van der Waals surface area (Å²) < 4.78 is 24.3. The molecule has 0 rings (SSSR count). The molecule has 0 aromatic carbocycles. The maximum atomic E-state index is 12.2. The third-order valence-electron chi connectivity index (χ3n) is 1.01. The van der Waals surface area contributed by atoms with Gasteiger partial charge in [0.15, 0.2) is 0 Å². The number of alkyl halides is 2. The van der Waals surface area contributed by atoms with E-state index in [-0.39, 0.29) is 6.42 Å². The molecular weight excluding hydrogens is 124 g/mol. The fourth-order valence-corrected chi connectivity index (χ4v) is 0.415. The van der Waals surface area contributed by atoms with Gasteiger partial charge >= 0.3 is 0 Å². The fourth-order valence-electron chi connectivity index (χ4n) is 0.415. The maximum absolute atomic E-state index is 12.2. The highest BCUT2D eigenvalue weighted by Crippen LogP contribution is 2.17. The zero-order chi connectivity index (χ0) is 7.33. The minimum atomic E-state index is -2.70. The highest BCUT2D eigenvalue weighted by Gasteiger charge is 2.24. The number of rotatable bonds is 4. The van der Waals surface area contributed by atoms with Crippen LogP contribution in [0, 0.1) is 0 Å². The summed E-state index contributed by atoms with van der Waals surface area (Å²) in [5, 5.41) is 0. The molecule has 0 heterocycles. The summed E-state index contributed by atoms with van der Waals surface area (Å²) >= 11 is 0. The van der Waals surface area contributed by atoms with Gasteiger partial charge in [0.1, 0.15) is 0 Å². The molecule has 0 unspecified atom stereocenters. The first-order valence-corrected chi connectivity index (χ1v) is 2.81. The van der Waals surface area contributed by atoms with Gasteiger partial charge in [-0.15, -0.1) is 6.58 Å². The Balaban J connectivity index is 3.44. The summed E-state index contributed by atoms with van der Waals surface area (Å²) in [6.45, 7) is 2.76. The molecule has 1 nitrogen and oxygen atoms in total. The Morgan fingerprint density at radius 2 is 2.11 bits per heavy atom. The van der Waals surface area contributed by atoms with Gasteiger partial charge in [0.25, 0.3) is 5.92 Å². The lowest BCUT2D eigenvalue weighted by atomic mass is 10.2. The van der Waals surface area contributed by atoms with Crippen molar-refractivity contribution in [2.45, 2.75) is 18.8 Å². The van der Waals surface area contributed by atoms with E-state index in [0.717, 1.165) is 0 Å². The van der Waals surface area contributed by atoms with E-state index in [4.69, 9.17) is 5.73 Å². The highest BCUT2D eigenvalue weighted by molar-refractivity contribution is 4.74. The minimum Gasteiger partial charge on any atom is -0.325 e. The van der Waals surface area contributed by atoms with E-state index >= 15 is 0 Å². The second-order valence-corrected chi connectivity index (χ2v) is 1.89. The Kier molecular flexibility index (Phi) is 3.39. The lowest BCUT2D eigenvalue weighted by Gasteiger charge is -2.10. The van der Waals surface area contributed by atoms with Crippen LogP contribution < -0.4 is 5.73 Å². The number of allylic oxidation sites excluding steroid dienone is 1. The molecule has 2 N–H and O–H groups in total. The Bertz CT molecular complexity index is 91.1. The lowest BCUT2D eigenvalue weighted by molar-refractivity contribution is 0.00316. The molecular formula is C6H11F2N. The Morgan fingerprint density at radius 3 is 2.44 bits per heavy atom. The molecule has 0 fully saturated rings. The topological polar surface area (TPSA) is 26.0 Å². The van der Waals surface area contributed by atoms with Gasteiger partial charge in [-0.25, -0.2) is 8.78 Å². The molecule has 0 aromatic rings. The summed E-state index contributed by atoms with van der Waals surface area (Å²) in [5.41, 5.74) is 4.76. The van der Waals surface area contributed by atoms with Crippen LogP contribution in [0.1, 0.15) is 12.8 Å². The summed E-state index contributed by atoms with van der Waals surface area (Å²) in [6, 6.07) is 0. The Morgan fingerprint density at radius 1 is 1.56 bits per heavy atom. The first kappa shape index (κ1) is 8.56. The third kappa shape index (κ3) is 4.09. The molecule has 0 aliphatic carbocycles. The van der Waals surface area contributed by atoms with Crippen LogP contribution in [0.25, 0.3) is 0 Å². The van der Waals surface area contributed by atoms with Crippen molar-refractivity contribution in [2.24, 2.45) is 5.73 Å². The average molecular weight is 135 g/mol. The molecule has 0 aliphatic rings. The molecule has 0 atom stereocenters. The van der Waals surface area contributed by atoms with Crippen LogP contribution >= 0.6 is 0 Å². The van der Waals surface area contributed by atoms with E-state index in [2.05, 4.69) is 6.58 Å². The van der Waals surface area contributed by atoms with Gasteiger partial charge in [-0.3, -0.25) is 0 Å². The van der Waals surface area contributed by atoms with Gasteiger partial charge < -0.3 is 5.73 Å². The lowest BCUT2D eigenvalue weighted by Crippen LogP contribution is -2.27. The number of hydrogen-bond acceptors (Lipinski definition) is 1. The number of hydrogen-bond donors (Lipinski definition) is 1. The van der Waals surface area contributed by atoms with E-state index in [9.17, 15) is 8.78 Å². The first-order chi connectivity index (χ1) is 4.12. The van der Waals surface area contributed by atoms with Gasteiger partial charge in [0.05, 0.1) is 6.54 Å². The summed E-state index contributed by atoms with van der Waals surface area (Å²) in [7, 11) is 0. The minimum absolute atomic E-state index is 0.188. The van der Waals surface area contributed by atoms with Crippen molar-refractivity contribution in [2.75, 3.05) is 6.54 Å². The monoisotopic (exact) mass is 135 g/mol. The molecule has 0 aromatic heterocycles. The fraction of sp³-hybridized carbons (Fsp3) is 0.667. The van der Waals surface area contributed by atoms with Crippen molar-refractivity contribution in [3.05, 3.63) is 12.7 Å². The normalized spacial score (nSPS) is 11.4. The summed E-state index contributed by atoms with van der Waals surface area (Å²) in [6.07, 6.45) is 1.60. The standard InChI is InChI=1S/C6H11F2N/c1-2-3-4-6(7,8)5-9/h2H,1,3-5,9H2. The molecule has 0 radical (unpaired) electrons. The average Bonchev–Trinajstić information content (AvgIpc) is 1.84. The number of halogens is 2. The van der Waals surface area contributed by atoms with Gasteiger partial charge in [-0.1, -0.05) is 6.08 Å². The van der Waals surface area contributed by atoms with Crippen LogP contribution in [0.4, 0.5) is 8.78 Å². The predicted octanol–water partition coefficient (Wildman–Crippen LogP) is 1.55. The van der Waals surface area contributed by atoms with Crippen molar-refractivity contribution < 1.29 is 8.78 Å². The molecule has 54 valence electrons. The zero-order valence-electron chi connectivity index (χ0n) is 5.24. The molecule has 0 saturated heterocycles. The maximum Gasteiger partial charge on any atom is 0.260 e. The molecule has 0 spiro atoms. The zero-order valence-corrected chi connectivity index (χ0v) is 5.24. The van der Waals surface area contributed by atoms with Gasteiger partial charge in [-0.05, 0) is 6.42 Å². The first-order valence-electron chi connectivity index (χ1n) is 2.81. The van der Waals surface area contributed by atoms with E-state index < -0.39 is 12.5 Å². The second kappa shape index (κ2) is 3.56. The van der Waals surface area contributed by atoms with Crippen LogP contribution in [0.15, 0.2) is 12.7 Å². The Hall–Kier alpha value is -0.440. The molecule has 9 heavy (non-hydrogen) atoms. The third-order valence-corrected chi connectivity index (χ3v) is 1.01. The van der Waals surface area contributed by atoms with Crippen molar-refractivity contribution in [1.82, 2.24) is 0 Å². The molecule has 3 heteroatoms. The SMILES string of the molecule is C=CCCC(F)(F)CN. The quantitative estimate of drug-likeness (QED) is 0.581. The van der Waals surface area contributed by atoms with E-state index in [1.54, 1.807) is 0 Å². The van der Waals surface area contributed by atoms with Crippen molar-refractivity contribution in [3.8, 4) is 0 Å².